The third-order valence-electron chi connectivity index (χ3n) is 6.54. The van der Waals surface area contributed by atoms with Crippen LogP contribution in [-0.2, 0) is 14.4 Å². The molecule has 31 heavy (non-hydrogen) atoms. The van der Waals surface area contributed by atoms with E-state index < -0.39 is 23.3 Å². The van der Waals surface area contributed by atoms with E-state index in [1.165, 1.54) is 4.90 Å². The van der Waals surface area contributed by atoms with Crippen LogP contribution < -0.4 is 4.90 Å². The first-order chi connectivity index (χ1) is 14.7. The molecule has 2 fully saturated rings. The van der Waals surface area contributed by atoms with Gasteiger partial charge in [0.25, 0.3) is 0 Å². The van der Waals surface area contributed by atoms with Gasteiger partial charge in [-0.05, 0) is 35.4 Å². The zero-order valence-corrected chi connectivity index (χ0v) is 19.2. The highest BCUT2D eigenvalue weighted by Gasteiger charge is 2.65. The summed E-state index contributed by atoms with van der Waals surface area (Å²) in [4.78, 5) is 44.2. The molecule has 2 aromatic rings. The van der Waals surface area contributed by atoms with E-state index in [0.29, 0.717) is 5.69 Å². The minimum absolute atomic E-state index is 0.0220. The fourth-order valence-electron chi connectivity index (χ4n) is 5.17. The number of halogens is 1. The molecule has 5 nitrogen and oxygen atoms in total. The average molecular weight is 479 g/mol. The Morgan fingerprint density at radius 3 is 2.39 bits per heavy atom. The van der Waals surface area contributed by atoms with Gasteiger partial charge in [0.1, 0.15) is 6.04 Å². The number of carbonyl (C=O) groups excluding carboxylic acids is 3. The Morgan fingerprint density at radius 2 is 1.68 bits per heavy atom. The van der Waals surface area contributed by atoms with Gasteiger partial charge in [-0.25, -0.2) is 4.90 Å². The number of benzene rings is 2. The zero-order valence-electron chi connectivity index (χ0n) is 17.6. The van der Waals surface area contributed by atoms with Crippen LogP contribution in [-0.4, -0.2) is 28.5 Å². The monoisotopic (exact) mass is 478 g/mol. The number of rotatable bonds is 2. The Hall–Kier alpha value is -2.73. The van der Waals surface area contributed by atoms with Gasteiger partial charge in [-0.2, -0.15) is 0 Å². The van der Waals surface area contributed by atoms with Gasteiger partial charge in [-0.3, -0.25) is 14.4 Å². The van der Waals surface area contributed by atoms with E-state index in [0.717, 1.165) is 15.6 Å². The average Bonchev–Trinajstić information content (AvgIpc) is 3.19. The lowest BCUT2D eigenvalue weighted by atomic mass is 9.79. The van der Waals surface area contributed by atoms with E-state index in [-0.39, 0.29) is 23.6 Å². The van der Waals surface area contributed by atoms with Crippen LogP contribution in [0.1, 0.15) is 37.9 Å². The largest absolute Gasteiger partial charge is 0.359 e. The lowest BCUT2D eigenvalue weighted by molar-refractivity contribution is -0.135. The summed E-state index contributed by atoms with van der Waals surface area (Å²) in [6.45, 7) is 5.60. The van der Waals surface area contributed by atoms with Crippen molar-refractivity contribution in [2.45, 2.75) is 32.9 Å². The highest BCUT2D eigenvalue weighted by atomic mass is 79.9. The van der Waals surface area contributed by atoms with Crippen LogP contribution in [0.2, 0.25) is 0 Å². The summed E-state index contributed by atoms with van der Waals surface area (Å²) in [7, 11) is 0. The van der Waals surface area contributed by atoms with Gasteiger partial charge in [0.2, 0.25) is 11.8 Å². The molecule has 3 aliphatic rings. The van der Waals surface area contributed by atoms with E-state index in [4.69, 9.17) is 0 Å². The molecular formula is C25H23BrN2O3. The Balaban J connectivity index is 1.67. The predicted octanol–water partition coefficient (Wildman–Crippen LogP) is 4.58. The Labute approximate surface area is 189 Å². The molecule has 3 aliphatic heterocycles. The van der Waals surface area contributed by atoms with Crippen LogP contribution in [0.25, 0.3) is 6.08 Å². The Morgan fingerprint density at radius 1 is 0.968 bits per heavy atom. The van der Waals surface area contributed by atoms with Crippen molar-refractivity contribution in [2.24, 2.45) is 17.3 Å². The maximum atomic E-state index is 13.7. The van der Waals surface area contributed by atoms with Crippen molar-refractivity contribution in [2.75, 3.05) is 4.90 Å². The predicted molar refractivity (Wildman–Crippen MR) is 122 cm³/mol. The van der Waals surface area contributed by atoms with Crippen LogP contribution in [0, 0.1) is 17.3 Å². The first-order valence-electron chi connectivity index (χ1n) is 10.4. The number of hydrogen-bond acceptors (Lipinski definition) is 4. The summed E-state index contributed by atoms with van der Waals surface area (Å²) >= 11 is 3.43. The molecule has 0 N–H and O–H groups in total. The first kappa shape index (κ1) is 20.2. The molecule has 158 valence electrons. The van der Waals surface area contributed by atoms with Crippen molar-refractivity contribution in [3.05, 3.63) is 70.3 Å². The topological polar surface area (TPSA) is 57.7 Å². The van der Waals surface area contributed by atoms with Crippen LogP contribution in [0.5, 0.6) is 0 Å². The summed E-state index contributed by atoms with van der Waals surface area (Å²) in [6, 6.07) is 14.1. The van der Waals surface area contributed by atoms with Gasteiger partial charge in [0.15, 0.2) is 5.78 Å². The van der Waals surface area contributed by atoms with Crippen molar-refractivity contribution in [1.29, 1.82) is 0 Å². The Bertz CT molecular complexity index is 1150. The third kappa shape index (κ3) is 2.92. The maximum absolute atomic E-state index is 13.7. The summed E-state index contributed by atoms with van der Waals surface area (Å²) < 4.78 is 0.789. The number of imide groups is 1. The molecule has 0 spiro atoms. The fraction of sp³-hybridized carbons (Fsp3) is 0.320. The molecule has 2 aromatic carbocycles. The molecule has 2 saturated heterocycles. The highest BCUT2D eigenvalue weighted by molar-refractivity contribution is 9.10. The third-order valence-corrected chi connectivity index (χ3v) is 7.03. The molecule has 0 aromatic heterocycles. The van der Waals surface area contributed by atoms with Crippen LogP contribution in [0.15, 0.2) is 59.2 Å². The first-order valence-corrected chi connectivity index (χ1v) is 11.2. The number of ketones is 1. The lowest BCUT2D eigenvalue weighted by Crippen LogP contribution is -2.47. The second-order valence-corrected chi connectivity index (χ2v) is 10.4. The zero-order chi connectivity index (χ0) is 22.1. The normalized spacial score (nSPS) is 26.7. The van der Waals surface area contributed by atoms with Crippen molar-refractivity contribution in [1.82, 2.24) is 4.90 Å². The highest BCUT2D eigenvalue weighted by Crippen LogP contribution is 2.54. The van der Waals surface area contributed by atoms with Crippen LogP contribution in [0.4, 0.5) is 5.69 Å². The lowest BCUT2D eigenvalue weighted by Gasteiger charge is -2.37. The molecule has 3 heterocycles. The fourth-order valence-corrected chi connectivity index (χ4v) is 5.56. The molecule has 2 amide bonds. The van der Waals surface area contributed by atoms with E-state index in [1.807, 2.05) is 68.3 Å². The van der Waals surface area contributed by atoms with Crippen molar-refractivity contribution in [3.8, 4) is 0 Å². The van der Waals surface area contributed by atoms with Crippen molar-refractivity contribution >= 4 is 45.3 Å². The molecule has 0 aliphatic carbocycles. The molecule has 6 heteroatoms. The van der Waals surface area contributed by atoms with Gasteiger partial charge in [0.05, 0.1) is 23.6 Å². The number of fused-ring (bicyclic) bond motifs is 5. The molecule has 0 saturated carbocycles. The van der Waals surface area contributed by atoms with Gasteiger partial charge in [-0.15, -0.1) is 0 Å². The SMILES string of the molecule is CC(C)(C)C(=O)[C@@H]1[C@@H]2C(=O)N(c3cccc(Br)c3)C(=O)[C@@H]2[C@H]2c3ccccc3C=CN12. The summed E-state index contributed by atoms with van der Waals surface area (Å²) in [5.74, 6) is -1.87. The van der Waals surface area contributed by atoms with Crippen LogP contribution >= 0.6 is 15.9 Å². The van der Waals surface area contributed by atoms with E-state index in [9.17, 15) is 14.4 Å². The molecule has 4 atom stereocenters. The smallest absolute Gasteiger partial charge is 0.240 e. The standard InChI is InChI=1S/C25H23BrN2O3/c1-25(2,3)22(29)21-19-18(20-17-10-5-4-7-14(17)11-12-27(20)21)23(30)28(24(19)31)16-9-6-8-15(26)13-16/h4-13,18-21H,1-3H3/t18-,19+,20+,21-/m0/s1. The number of nitrogens with zero attached hydrogens (tertiary/aromatic N) is 2. The second kappa shape index (κ2) is 6.89. The molecule has 0 bridgehead atoms. The molecule has 0 unspecified atom stereocenters. The van der Waals surface area contributed by atoms with Gasteiger partial charge < -0.3 is 4.90 Å². The molecule has 5 rings (SSSR count). The quantitative estimate of drug-likeness (QED) is 0.592. The molecule has 0 radical (unpaired) electrons. The summed E-state index contributed by atoms with van der Waals surface area (Å²) in [5, 5.41) is 0. The number of Topliss-reactive ketones (excluding diaryl/α,β-unsaturated/α-hetero) is 1. The maximum Gasteiger partial charge on any atom is 0.240 e. The summed E-state index contributed by atoms with van der Waals surface area (Å²) in [5.41, 5.74) is 1.91. The Kier molecular flexibility index (Phi) is 4.49. The van der Waals surface area contributed by atoms with E-state index >= 15 is 0 Å². The van der Waals surface area contributed by atoms with Crippen molar-refractivity contribution in [3.63, 3.8) is 0 Å². The van der Waals surface area contributed by atoms with Gasteiger partial charge in [0, 0.05) is 16.1 Å². The van der Waals surface area contributed by atoms with Crippen molar-refractivity contribution < 1.29 is 14.4 Å². The second-order valence-electron chi connectivity index (χ2n) is 9.44. The number of anilines is 1. The van der Waals surface area contributed by atoms with E-state index in [2.05, 4.69) is 15.9 Å². The number of amides is 2. The van der Waals surface area contributed by atoms with Crippen LogP contribution in [0.3, 0.4) is 0 Å². The minimum Gasteiger partial charge on any atom is -0.359 e. The number of hydrogen-bond donors (Lipinski definition) is 0. The number of carbonyl (C=O) groups is 3. The summed E-state index contributed by atoms with van der Waals surface area (Å²) in [6.07, 6.45) is 3.86. The van der Waals surface area contributed by atoms with E-state index in [1.54, 1.807) is 18.2 Å². The van der Waals surface area contributed by atoms with Gasteiger partial charge in [-0.1, -0.05) is 67.0 Å². The molecular weight excluding hydrogens is 456 g/mol. The van der Waals surface area contributed by atoms with Gasteiger partial charge >= 0.3 is 0 Å². The minimum atomic E-state index is -0.709.